The summed E-state index contributed by atoms with van der Waals surface area (Å²) in [5.41, 5.74) is 3.39. The van der Waals surface area contributed by atoms with Crippen molar-refractivity contribution in [1.82, 2.24) is 9.55 Å². The number of aromatic nitrogens is 2. The van der Waals surface area contributed by atoms with Crippen LogP contribution in [0, 0.1) is 0 Å². The Labute approximate surface area is 205 Å². The zero-order valence-corrected chi connectivity index (χ0v) is 21.1. The molecule has 3 aromatic rings. The standard InChI is InChI=1S/C27H33N3O3S/c1-5-7-8-17-30-23(25(31)29-21-13-9-19(6-2)10-14-21)18-28-24(30)20-11-15-22(16-12-20)34-27(3,4)26(32)33/h9-16,18H,5-8,17H2,1-4H3,(H,29,31)(H,32,33). The summed E-state index contributed by atoms with van der Waals surface area (Å²) in [6.07, 6.45) is 5.68. The molecule has 0 saturated carbocycles. The van der Waals surface area contributed by atoms with Crippen molar-refractivity contribution in [2.24, 2.45) is 0 Å². The Morgan fingerprint density at radius 3 is 2.29 bits per heavy atom. The summed E-state index contributed by atoms with van der Waals surface area (Å²) >= 11 is 1.30. The fraction of sp³-hybridized carbons (Fsp3) is 0.370. The van der Waals surface area contributed by atoms with E-state index >= 15 is 0 Å². The number of amides is 1. The predicted molar refractivity (Wildman–Crippen MR) is 139 cm³/mol. The Morgan fingerprint density at radius 1 is 1.03 bits per heavy atom. The van der Waals surface area contributed by atoms with E-state index in [1.165, 1.54) is 17.3 Å². The van der Waals surface area contributed by atoms with Gasteiger partial charge in [0, 0.05) is 22.7 Å². The molecule has 1 aromatic heterocycles. The molecule has 0 saturated heterocycles. The van der Waals surface area contributed by atoms with E-state index in [9.17, 15) is 14.7 Å². The number of carboxylic acid groups (broad SMARTS) is 1. The van der Waals surface area contributed by atoms with Gasteiger partial charge in [0.25, 0.3) is 5.91 Å². The number of unbranched alkanes of at least 4 members (excludes halogenated alkanes) is 2. The van der Waals surface area contributed by atoms with Crippen LogP contribution in [-0.4, -0.2) is 31.3 Å². The third-order valence-electron chi connectivity index (χ3n) is 5.69. The van der Waals surface area contributed by atoms with Gasteiger partial charge in [-0.1, -0.05) is 51.0 Å². The van der Waals surface area contributed by atoms with Crippen LogP contribution in [0.5, 0.6) is 0 Å². The van der Waals surface area contributed by atoms with Crippen molar-refractivity contribution in [1.29, 1.82) is 0 Å². The van der Waals surface area contributed by atoms with Gasteiger partial charge >= 0.3 is 5.97 Å². The van der Waals surface area contributed by atoms with Crippen LogP contribution in [0.4, 0.5) is 5.69 Å². The van der Waals surface area contributed by atoms with Crippen molar-refractivity contribution < 1.29 is 14.7 Å². The fourth-order valence-electron chi connectivity index (χ4n) is 3.56. The number of carbonyl (C=O) groups excluding carboxylic acids is 1. The molecule has 2 N–H and O–H groups in total. The zero-order valence-electron chi connectivity index (χ0n) is 20.3. The lowest BCUT2D eigenvalue weighted by atomic mass is 10.1. The third-order valence-corrected chi connectivity index (χ3v) is 6.89. The SMILES string of the molecule is CCCCCn1c(C(=O)Nc2ccc(CC)cc2)cnc1-c1ccc(SC(C)(C)C(=O)O)cc1. The van der Waals surface area contributed by atoms with Crippen molar-refractivity contribution in [3.8, 4) is 11.4 Å². The number of anilines is 1. The van der Waals surface area contributed by atoms with Crippen molar-refractivity contribution in [3.63, 3.8) is 0 Å². The van der Waals surface area contributed by atoms with Crippen molar-refractivity contribution in [3.05, 3.63) is 66.0 Å². The van der Waals surface area contributed by atoms with Crippen LogP contribution < -0.4 is 5.32 Å². The highest BCUT2D eigenvalue weighted by Crippen LogP contribution is 2.34. The highest BCUT2D eigenvalue weighted by atomic mass is 32.2. The summed E-state index contributed by atoms with van der Waals surface area (Å²) in [6.45, 7) is 8.33. The molecule has 0 aliphatic carbocycles. The van der Waals surface area contributed by atoms with E-state index in [-0.39, 0.29) is 5.91 Å². The summed E-state index contributed by atoms with van der Waals surface area (Å²) in [5, 5.41) is 12.4. The first kappa shape index (κ1) is 25.6. The number of hydrogen-bond donors (Lipinski definition) is 2. The number of nitrogens with one attached hydrogen (secondary N) is 1. The second-order valence-electron chi connectivity index (χ2n) is 8.77. The highest BCUT2D eigenvalue weighted by molar-refractivity contribution is 8.01. The van der Waals surface area contributed by atoms with Crippen molar-refractivity contribution in [2.75, 3.05) is 5.32 Å². The third kappa shape index (κ3) is 6.29. The van der Waals surface area contributed by atoms with E-state index in [0.29, 0.717) is 12.2 Å². The van der Waals surface area contributed by atoms with Gasteiger partial charge in [0.2, 0.25) is 0 Å². The number of benzene rings is 2. The Morgan fingerprint density at radius 2 is 1.71 bits per heavy atom. The molecule has 0 atom stereocenters. The first-order chi connectivity index (χ1) is 16.2. The summed E-state index contributed by atoms with van der Waals surface area (Å²) in [7, 11) is 0. The molecule has 1 heterocycles. The van der Waals surface area contributed by atoms with Gasteiger partial charge < -0.3 is 15.0 Å². The van der Waals surface area contributed by atoms with E-state index in [2.05, 4.69) is 24.1 Å². The molecule has 6 nitrogen and oxygen atoms in total. The van der Waals surface area contributed by atoms with E-state index in [0.717, 1.165) is 47.7 Å². The molecule has 0 radical (unpaired) electrons. The number of thioether (sulfide) groups is 1. The second kappa shape index (κ2) is 11.4. The largest absolute Gasteiger partial charge is 0.480 e. The Balaban J connectivity index is 1.85. The molecule has 34 heavy (non-hydrogen) atoms. The second-order valence-corrected chi connectivity index (χ2v) is 10.5. The maximum atomic E-state index is 13.1. The van der Waals surface area contributed by atoms with Crippen LogP contribution in [0.2, 0.25) is 0 Å². The van der Waals surface area contributed by atoms with Crippen LogP contribution in [0.25, 0.3) is 11.4 Å². The summed E-state index contributed by atoms with van der Waals surface area (Å²) in [4.78, 5) is 30.0. The lowest BCUT2D eigenvalue weighted by molar-refractivity contribution is -0.138. The quantitative estimate of drug-likeness (QED) is 0.242. The van der Waals surface area contributed by atoms with E-state index in [1.54, 1.807) is 20.0 Å². The minimum absolute atomic E-state index is 0.185. The maximum Gasteiger partial charge on any atom is 0.319 e. The molecular weight excluding hydrogens is 446 g/mol. The predicted octanol–water partition coefficient (Wildman–Crippen LogP) is 6.51. The number of nitrogens with zero attached hydrogens (tertiary/aromatic N) is 2. The van der Waals surface area contributed by atoms with Gasteiger partial charge in [0.05, 0.1) is 6.20 Å². The van der Waals surface area contributed by atoms with Gasteiger partial charge in [-0.2, -0.15) is 0 Å². The topological polar surface area (TPSA) is 84.2 Å². The monoisotopic (exact) mass is 479 g/mol. The average molecular weight is 480 g/mol. The van der Waals surface area contributed by atoms with Crippen molar-refractivity contribution in [2.45, 2.75) is 69.6 Å². The van der Waals surface area contributed by atoms with Gasteiger partial charge in [0.15, 0.2) is 0 Å². The van der Waals surface area contributed by atoms with E-state index in [4.69, 9.17) is 0 Å². The number of aryl methyl sites for hydroxylation is 1. The maximum absolute atomic E-state index is 13.1. The van der Waals surface area contributed by atoms with Gasteiger partial charge in [-0.25, -0.2) is 4.98 Å². The summed E-state index contributed by atoms with van der Waals surface area (Å²) in [6, 6.07) is 15.6. The van der Waals surface area contributed by atoms with E-state index in [1.807, 2.05) is 53.1 Å². The minimum Gasteiger partial charge on any atom is -0.480 e. The zero-order chi connectivity index (χ0) is 24.7. The minimum atomic E-state index is -0.916. The van der Waals surface area contributed by atoms with Gasteiger partial charge in [-0.15, -0.1) is 11.8 Å². The van der Waals surface area contributed by atoms with Crippen LogP contribution >= 0.6 is 11.8 Å². The van der Waals surface area contributed by atoms with Crippen LogP contribution in [0.3, 0.4) is 0 Å². The molecule has 7 heteroatoms. The number of carboxylic acids is 1. The molecular formula is C27H33N3O3S. The molecule has 0 spiro atoms. The van der Waals surface area contributed by atoms with Crippen LogP contribution in [0.1, 0.15) is 63.0 Å². The molecule has 0 aliphatic heterocycles. The number of aliphatic carboxylic acids is 1. The molecule has 1 amide bonds. The number of imidazole rings is 1. The Kier molecular flexibility index (Phi) is 8.56. The number of rotatable bonds is 11. The average Bonchev–Trinajstić information content (AvgIpc) is 3.24. The molecule has 2 aromatic carbocycles. The summed E-state index contributed by atoms with van der Waals surface area (Å²) < 4.78 is 1.06. The van der Waals surface area contributed by atoms with Crippen LogP contribution in [-0.2, 0) is 17.8 Å². The Hall–Kier alpha value is -3.06. The first-order valence-electron chi connectivity index (χ1n) is 11.7. The van der Waals surface area contributed by atoms with Gasteiger partial charge in [-0.05, 0) is 56.5 Å². The van der Waals surface area contributed by atoms with Crippen LogP contribution in [0.15, 0.2) is 59.6 Å². The van der Waals surface area contributed by atoms with Crippen molar-refractivity contribution >= 4 is 29.3 Å². The Bertz CT molecular complexity index is 1120. The fourth-order valence-corrected chi connectivity index (χ4v) is 4.51. The highest BCUT2D eigenvalue weighted by Gasteiger charge is 2.28. The lowest BCUT2D eigenvalue weighted by Gasteiger charge is -2.18. The first-order valence-corrected chi connectivity index (χ1v) is 12.6. The number of hydrogen-bond acceptors (Lipinski definition) is 4. The smallest absolute Gasteiger partial charge is 0.319 e. The van der Waals surface area contributed by atoms with E-state index < -0.39 is 10.7 Å². The molecule has 3 rings (SSSR count). The van der Waals surface area contributed by atoms with Gasteiger partial charge in [0.1, 0.15) is 16.3 Å². The van der Waals surface area contributed by atoms with Gasteiger partial charge in [-0.3, -0.25) is 9.59 Å². The molecule has 0 bridgehead atoms. The molecule has 180 valence electrons. The molecule has 0 fully saturated rings. The molecule has 0 aliphatic rings. The summed E-state index contributed by atoms with van der Waals surface area (Å²) in [5.74, 6) is -0.306. The number of carbonyl (C=O) groups is 2. The molecule has 0 unspecified atom stereocenters. The normalized spacial score (nSPS) is 11.4. The lowest BCUT2D eigenvalue weighted by Crippen LogP contribution is -2.26.